The summed E-state index contributed by atoms with van der Waals surface area (Å²) in [7, 11) is -4.38. The van der Waals surface area contributed by atoms with Gasteiger partial charge in [-0.2, -0.15) is 0 Å². The van der Waals surface area contributed by atoms with Gasteiger partial charge < -0.3 is 20.1 Å². The van der Waals surface area contributed by atoms with Crippen LogP contribution in [0.2, 0.25) is 0 Å². The predicted molar refractivity (Wildman–Crippen MR) is 136 cm³/mol. The van der Waals surface area contributed by atoms with Crippen molar-refractivity contribution in [1.82, 2.24) is 0 Å². The Morgan fingerprint density at radius 3 is 2.03 bits per heavy atom. The van der Waals surface area contributed by atoms with Crippen LogP contribution in [-0.2, 0) is 32.7 Å². The second kappa shape index (κ2) is 22.2. The highest BCUT2D eigenvalue weighted by molar-refractivity contribution is 7.47. The molecule has 0 heterocycles. The van der Waals surface area contributed by atoms with E-state index in [1.54, 1.807) is 12.2 Å². The smallest absolute Gasteiger partial charge is 0.461 e. The minimum Gasteiger partial charge on any atom is -0.461 e. The molecular weight excluding hydrogens is 473 g/mol. The Hall–Kier alpha value is -2.29. The molecule has 0 saturated carbocycles. The average molecular weight is 514 g/mol. The van der Waals surface area contributed by atoms with Crippen LogP contribution in [0.25, 0.3) is 0 Å². The largest absolute Gasteiger partial charge is 0.472 e. The van der Waals surface area contributed by atoms with Crippen LogP contribution in [0.15, 0.2) is 60.8 Å². The molecule has 0 saturated heterocycles. The molecule has 0 spiro atoms. The zero-order chi connectivity index (χ0) is 26.2. The van der Waals surface area contributed by atoms with Gasteiger partial charge >= 0.3 is 19.8 Å². The van der Waals surface area contributed by atoms with Crippen molar-refractivity contribution >= 4 is 19.8 Å². The molecule has 0 rings (SSSR count). The van der Waals surface area contributed by atoms with E-state index >= 15 is 0 Å². The van der Waals surface area contributed by atoms with Gasteiger partial charge in [0.25, 0.3) is 0 Å². The standard InChI is InChI=1S/C25H40NO8P/c1-3-5-7-9-11-12-14-15-17-24(27)31-21-23(22-33-35(29,30)32-20-19-26)34-25(28)18-16-13-10-8-6-4-2/h3,5-6,8-9,11,13-16,23H,4,7,10,12,17-22,26H2,1-2H3,(H,29,30)/t23-/m1/s1. The molecule has 0 radical (unpaired) electrons. The Balaban J connectivity index is 4.69. The number of carbonyl (C=O) groups is 2. The molecule has 1 unspecified atom stereocenters. The van der Waals surface area contributed by atoms with Crippen LogP contribution in [-0.4, -0.2) is 49.3 Å². The molecule has 3 N–H and O–H groups in total. The summed E-state index contributed by atoms with van der Waals surface area (Å²) in [5.74, 6) is -1.13. The summed E-state index contributed by atoms with van der Waals surface area (Å²) in [5, 5.41) is 0. The van der Waals surface area contributed by atoms with E-state index in [9.17, 15) is 19.0 Å². The first-order chi connectivity index (χ1) is 16.8. The van der Waals surface area contributed by atoms with Gasteiger partial charge in [-0.15, -0.1) is 0 Å². The number of nitrogens with two attached hydrogens (primary N) is 1. The maximum atomic E-state index is 12.1. The Kier molecular flexibility index (Phi) is 20.7. The lowest BCUT2D eigenvalue weighted by molar-refractivity contribution is -0.160. The normalized spacial score (nSPS) is 15.0. The second-order valence-corrected chi connectivity index (χ2v) is 8.61. The number of hydrogen-bond acceptors (Lipinski definition) is 8. The number of rotatable bonds is 20. The summed E-state index contributed by atoms with van der Waals surface area (Å²) >= 11 is 0. The maximum Gasteiger partial charge on any atom is 0.472 e. The van der Waals surface area contributed by atoms with E-state index in [0.717, 1.165) is 12.8 Å². The van der Waals surface area contributed by atoms with Crippen molar-refractivity contribution in [2.75, 3.05) is 26.4 Å². The Labute approximate surface area is 209 Å². The third kappa shape index (κ3) is 21.9. The van der Waals surface area contributed by atoms with Crippen molar-refractivity contribution in [3.63, 3.8) is 0 Å². The molecule has 0 aromatic carbocycles. The van der Waals surface area contributed by atoms with Crippen LogP contribution in [0, 0.1) is 0 Å². The second-order valence-electron chi connectivity index (χ2n) is 7.16. The lowest BCUT2D eigenvalue weighted by atomic mass is 10.3. The number of esters is 2. The van der Waals surface area contributed by atoms with Crippen LogP contribution < -0.4 is 5.73 Å². The lowest BCUT2D eigenvalue weighted by Gasteiger charge is -2.19. The number of allylic oxidation sites excluding steroid dienone is 8. The van der Waals surface area contributed by atoms with Gasteiger partial charge in [0.05, 0.1) is 26.1 Å². The fraction of sp³-hybridized carbons (Fsp3) is 0.520. The molecule has 2 atom stereocenters. The summed E-state index contributed by atoms with van der Waals surface area (Å²) in [4.78, 5) is 33.8. The predicted octanol–water partition coefficient (Wildman–Crippen LogP) is 4.70. The fourth-order valence-electron chi connectivity index (χ4n) is 2.36. The van der Waals surface area contributed by atoms with Gasteiger partial charge in [0.1, 0.15) is 6.61 Å². The number of hydrogen-bond donors (Lipinski definition) is 2. The van der Waals surface area contributed by atoms with Crippen molar-refractivity contribution in [2.24, 2.45) is 5.73 Å². The van der Waals surface area contributed by atoms with E-state index in [2.05, 4.69) is 4.52 Å². The third-order valence-electron chi connectivity index (χ3n) is 4.05. The summed E-state index contributed by atoms with van der Waals surface area (Å²) in [5.41, 5.74) is 5.25. The quantitative estimate of drug-likeness (QED) is 0.135. The van der Waals surface area contributed by atoms with E-state index in [1.165, 1.54) is 0 Å². The molecule has 9 nitrogen and oxygen atoms in total. The molecule has 198 valence electrons. The van der Waals surface area contributed by atoms with E-state index in [1.807, 2.05) is 62.5 Å². The molecule has 0 fully saturated rings. The molecule has 35 heavy (non-hydrogen) atoms. The van der Waals surface area contributed by atoms with Gasteiger partial charge in [-0.05, 0) is 32.6 Å². The summed E-state index contributed by atoms with van der Waals surface area (Å²) in [6.07, 6.45) is 21.1. The Morgan fingerprint density at radius 1 is 0.857 bits per heavy atom. The first-order valence-electron chi connectivity index (χ1n) is 11.7. The minimum absolute atomic E-state index is 0.00479. The van der Waals surface area contributed by atoms with Crippen LogP contribution in [0.5, 0.6) is 0 Å². The van der Waals surface area contributed by atoms with Gasteiger partial charge in [0.15, 0.2) is 6.10 Å². The molecular formula is C25H40NO8P. The van der Waals surface area contributed by atoms with Gasteiger partial charge in [0, 0.05) is 6.54 Å². The number of phosphoric ester groups is 1. The van der Waals surface area contributed by atoms with Gasteiger partial charge in [-0.25, -0.2) is 4.57 Å². The Bertz CT molecular complexity index is 773. The van der Waals surface area contributed by atoms with Crippen molar-refractivity contribution in [1.29, 1.82) is 0 Å². The van der Waals surface area contributed by atoms with E-state index in [-0.39, 0.29) is 32.6 Å². The highest BCUT2D eigenvalue weighted by atomic mass is 31.2. The van der Waals surface area contributed by atoms with Gasteiger partial charge in [-0.3, -0.25) is 18.6 Å². The van der Waals surface area contributed by atoms with Crippen LogP contribution in [0.3, 0.4) is 0 Å². The number of phosphoric acid groups is 1. The first kappa shape index (κ1) is 32.7. The number of carbonyl (C=O) groups excluding carboxylic acids is 2. The van der Waals surface area contributed by atoms with Crippen LogP contribution in [0.1, 0.15) is 52.4 Å². The summed E-state index contributed by atoms with van der Waals surface area (Å²) in [6.45, 7) is 3.01. The monoisotopic (exact) mass is 513 g/mol. The SMILES string of the molecule is CC=CCC=CCC=CCC(=O)OC[C@H](COP(=O)(O)OCCN)OC(=O)CC=CCC=CCC. The van der Waals surface area contributed by atoms with Gasteiger partial charge in [0.2, 0.25) is 0 Å². The molecule has 0 aliphatic heterocycles. The minimum atomic E-state index is -4.38. The van der Waals surface area contributed by atoms with Crippen molar-refractivity contribution in [2.45, 2.75) is 58.5 Å². The maximum absolute atomic E-state index is 12.1. The van der Waals surface area contributed by atoms with E-state index < -0.39 is 32.5 Å². The van der Waals surface area contributed by atoms with Crippen LogP contribution >= 0.6 is 7.82 Å². The molecule has 0 aromatic heterocycles. The topological polar surface area (TPSA) is 134 Å². The van der Waals surface area contributed by atoms with Gasteiger partial charge in [-0.1, -0.05) is 67.7 Å². The van der Waals surface area contributed by atoms with Crippen molar-refractivity contribution < 1.29 is 37.6 Å². The average Bonchev–Trinajstić information content (AvgIpc) is 2.83. The first-order valence-corrected chi connectivity index (χ1v) is 13.2. The highest BCUT2D eigenvalue weighted by Gasteiger charge is 2.25. The Morgan fingerprint density at radius 2 is 1.43 bits per heavy atom. The third-order valence-corrected chi connectivity index (χ3v) is 5.03. The van der Waals surface area contributed by atoms with Crippen LogP contribution in [0.4, 0.5) is 0 Å². The number of ether oxygens (including phenoxy) is 2. The van der Waals surface area contributed by atoms with Crippen molar-refractivity contribution in [3.8, 4) is 0 Å². The summed E-state index contributed by atoms with van der Waals surface area (Å²) < 4.78 is 31.8. The molecule has 0 bridgehead atoms. The fourth-order valence-corrected chi connectivity index (χ4v) is 3.12. The zero-order valence-electron chi connectivity index (χ0n) is 20.8. The van der Waals surface area contributed by atoms with Crippen molar-refractivity contribution in [3.05, 3.63) is 60.8 Å². The zero-order valence-corrected chi connectivity index (χ0v) is 21.6. The summed E-state index contributed by atoms with van der Waals surface area (Å²) in [6, 6.07) is 0. The highest BCUT2D eigenvalue weighted by Crippen LogP contribution is 2.43. The van der Waals surface area contributed by atoms with E-state index in [4.69, 9.17) is 19.7 Å². The molecule has 0 aliphatic carbocycles. The van der Waals surface area contributed by atoms with E-state index in [0.29, 0.717) is 12.8 Å². The molecule has 0 aromatic rings. The lowest BCUT2D eigenvalue weighted by Crippen LogP contribution is -2.29. The molecule has 0 amide bonds. The molecule has 10 heteroatoms. The molecule has 0 aliphatic rings.